The summed E-state index contributed by atoms with van der Waals surface area (Å²) < 4.78 is 5.28. The van der Waals surface area contributed by atoms with Gasteiger partial charge in [0.2, 0.25) is 0 Å². The first kappa shape index (κ1) is 12.7. The van der Waals surface area contributed by atoms with Gasteiger partial charge in [0.15, 0.2) is 0 Å². The molecule has 2 aromatic rings. The van der Waals surface area contributed by atoms with E-state index in [-0.39, 0.29) is 5.91 Å². The number of nitrogens with one attached hydrogen (secondary N) is 1. The third kappa shape index (κ3) is 2.92. The lowest BCUT2D eigenvalue weighted by Gasteiger charge is -2.07. The zero-order chi connectivity index (χ0) is 13.0. The molecule has 0 saturated carbocycles. The third-order valence-corrected chi connectivity index (χ3v) is 2.81. The zero-order valence-electron chi connectivity index (χ0n) is 10.8. The van der Waals surface area contributed by atoms with E-state index in [1.165, 1.54) is 0 Å². The van der Waals surface area contributed by atoms with Crippen molar-refractivity contribution in [3.05, 3.63) is 42.5 Å². The molecule has 0 aliphatic rings. The lowest BCUT2D eigenvalue weighted by atomic mass is 10.1. The van der Waals surface area contributed by atoms with Crippen LogP contribution in [-0.4, -0.2) is 12.5 Å². The molecule has 0 aliphatic heterocycles. The van der Waals surface area contributed by atoms with E-state index in [9.17, 15) is 4.79 Å². The molecule has 95 valence electrons. The smallest absolute Gasteiger partial charge is 0.252 e. The second-order valence-corrected chi connectivity index (χ2v) is 4.66. The van der Waals surface area contributed by atoms with Crippen molar-refractivity contribution >= 4 is 16.9 Å². The molecule has 1 aromatic carbocycles. The van der Waals surface area contributed by atoms with Crippen molar-refractivity contribution in [1.29, 1.82) is 0 Å². The molecule has 1 heterocycles. The highest BCUT2D eigenvalue weighted by molar-refractivity contribution is 6.05. The quantitative estimate of drug-likeness (QED) is 0.819. The van der Waals surface area contributed by atoms with E-state index in [0.29, 0.717) is 18.0 Å². The highest BCUT2D eigenvalue weighted by Crippen LogP contribution is 2.19. The van der Waals surface area contributed by atoms with Crippen LogP contribution in [0, 0.1) is 12.3 Å². The van der Waals surface area contributed by atoms with Crippen molar-refractivity contribution in [3.8, 4) is 0 Å². The molecule has 0 unspecified atom stereocenters. The number of carbonyl (C=O) groups excluding carboxylic acids is 1. The Morgan fingerprint density at radius 1 is 1.39 bits per heavy atom. The molecule has 0 spiro atoms. The Morgan fingerprint density at radius 3 is 3.00 bits per heavy atom. The van der Waals surface area contributed by atoms with E-state index in [0.717, 1.165) is 17.4 Å². The van der Waals surface area contributed by atoms with Gasteiger partial charge in [0.1, 0.15) is 5.58 Å². The number of hydrogen-bond acceptors (Lipinski definition) is 2. The van der Waals surface area contributed by atoms with Crippen LogP contribution in [0.15, 0.2) is 34.9 Å². The van der Waals surface area contributed by atoms with Crippen molar-refractivity contribution in [2.45, 2.75) is 20.3 Å². The van der Waals surface area contributed by atoms with Gasteiger partial charge in [-0.2, -0.15) is 0 Å². The number of furan rings is 1. The van der Waals surface area contributed by atoms with Gasteiger partial charge in [-0.05, 0) is 37.0 Å². The number of carbonyl (C=O) groups is 1. The van der Waals surface area contributed by atoms with Gasteiger partial charge >= 0.3 is 0 Å². The first-order valence-electron chi connectivity index (χ1n) is 6.26. The molecule has 0 fully saturated rings. The average molecular weight is 244 g/mol. The van der Waals surface area contributed by atoms with Crippen LogP contribution in [0.5, 0.6) is 0 Å². The van der Waals surface area contributed by atoms with Gasteiger partial charge in [-0.3, -0.25) is 4.79 Å². The molecule has 18 heavy (non-hydrogen) atoms. The predicted octanol–water partition coefficient (Wildman–Crippen LogP) is 3.41. The maximum atomic E-state index is 12.0. The van der Waals surface area contributed by atoms with E-state index >= 15 is 0 Å². The molecule has 0 bridgehead atoms. The lowest BCUT2D eigenvalue weighted by Crippen LogP contribution is -2.24. The van der Waals surface area contributed by atoms with Gasteiger partial charge in [0.25, 0.3) is 5.91 Å². The minimum atomic E-state index is -0.0424. The summed E-state index contributed by atoms with van der Waals surface area (Å²) >= 11 is 0. The summed E-state index contributed by atoms with van der Waals surface area (Å²) in [5.41, 5.74) is 1.42. The Bertz CT molecular complexity index is 528. The van der Waals surface area contributed by atoms with Crippen LogP contribution in [0.2, 0.25) is 0 Å². The Kier molecular flexibility index (Phi) is 4.03. The molecule has 3 heteroatoms. The maximum Gasteiger partial charge on any atom is 0.252 e. The van der Waals surface area contributed by atoms with Gasteiger partial charge in [-0.15, -0.1) is 0 Å². The fourth-order valence-electron chi connectivity index (χ4n) is 1.89. The van der Waals surface area contributed by atoms with Gasteiger partial charge < -0.3 is 9.73 Å². The monoisotopic (exact) mass is 244 g/mol. The molecule has 3 nitrogen and oxygen atoms in total. The van der Waals surface area contributed by atoms with E-state index < -0.39 is 0 Å². The maximum absolute atomic E-state index is 12.0. The third-order valence-electron chi connectivity index (χ3n) is 2.81. The molecule has 0 aliphatic carbocycles. The van der Waals surface area contributed by atoms with Crippen LogP contribution >= 0.6 is 0 Å². The van der Waals surface area contributed by atoms with Crippen molar-refractivity contribution in [2.24, 2.45) is 5.92 Å². The number of fused-ring (bicyclic) bond motifs is 1. The number of amides is 1. The lowest BCUT2D eigenvalue weighted by molar-refractivity contribution is 0.0955. The molecule has 1 aromatic heterocycles. The molecule has 1 N–H and O–H groups in total. The number of benzene rings is 1. The van der Waals surface area contributed by atoms with Gasteiger partial charge in [-0.25, -0.2) is 0 Å². The van der Waals surface area contributed by atoms with Crippen molar-refractivity contribution in [1.82, 2.24) is 5.32 Å². The second-order valence-electron chi connectivity index (χ2n) is 4.66. The first-order valence-corrected chi connectivity index (χ1v) is 6.26. The minimum absolute atomic E-state index is 0.0424. The highest BCUT2D eigenvalue weighted by Gasteiger charge is 2.10. The van der Waals surface area contributed by atoms with Crippen molar-refractivity contribution in [2.75, 3.05) is 6.54 Å². The SMILES string of the molecule is CC(C)[CH]CCNC(=O)c1cccc2occc12. The van der Waals surface area contributed by atoms with Crippen LogP contribution in [0.3, 0.4) is 0 Å². The van der Waals surface area contributed by atoms with Gasteiger partial charge in [0, 0.05) is 11.9 Å². The molecule has 1 amide bonds. The summed E-state index contributed by atoms with van der Waals surface area (Å²) in [7, 11) is 0. The number of rotatable bonds is 5. The van der Waals surface area contributed by atoms with E-state index in [4.69, 9.17) is 4.42 Å². The van der Waals surface area contributed by atoms with Crippen LogP contribution in [0.1, 0.15) is 30.6 Å². The average Bonchev–Trinajstić information content (AvgIpc) is 2.82. The van der Waals surface area contributed by atoms with Crippen molar-refractivity contribution in [3.63, 3.8) is 0 Å². The Balaban J connectivity index is 1.98. The van der Waals surface area contributed by atoms with E-state index in [2.05, 4.69) is 25.6 Å². The summed E-state index contributed by atoms with van der Waals surface area (Å²) in [6.45, 7) is 4.94. The summed E-state index contributed by atoms with van der Waals surface area (Å²) in [6.07, 6.45) is 4.69. The fourth-order valence-corrected chi connectivity index (χ4v) is 1.89. The largest absolute Gasteiger partial charge is 0.464 e. The molecule has 0 saturated heterocycles. The van der Waals surface area contributed by atoms with Crippen LogP contribution in [0.25, 0.3) is 11.0 Å². The zero-order valence-corrected chi connectivity index (χ0v) is 10.8. The second kappa shape index (κ2) is 5.71. The Labute approximate surface area is 107 Å². The van der Waals surface area contributed by atoms with Gasteiger partial charge in [-0.1, -0.05) is 19.9 Å². The summed E-state index contributed by atoms with van der Waals surface area (Å²) in [4.78, 5) is 12.0. The Morgan fingerprint density at radius 2 is 2.22 bits per heavy atom. The topological polar surface area (TPSA) is 42.2 Å². The highest BCUT2D eigenvalue weighted by atomic mass is 16.3. The first-order chi connectivity index (χ1) is 8.68. The van der Waals surface area contributed by atoms with Gasteiger partial charge in [0.05, 0.1) is 11.8 Å². The molecule has 2 rings (SSSR count). The van der Waals surface area contributed by atoms with Crippen LogP contribution in [0.4, 0.5) is 0 Å². The van der Waals surface area contributed by atoms with E-state index in [1.807, 2.05) is 24.3 Å². The van der Waals surface area contributed by atoms with Crippen molar-refractivity contribution < 1.29 is 9.21 Å². The normalized spacial score (nSPS) is 11.1. The minimum Gasteiger partial charge on any atom is -0.464 e. The van der Waals surface area contributed by atoms with Crippen LogP contribution < -0.4 is 5.32 Å². The summed E-state index contributed by atoms with van der Waals surface area (Å²) in [5.74, 6) is 0.512. The predicted molar refractivity (Wildman–Crippen MR) is 72.3 cm³/mol. The summed E-state index contributed by atoms with van der Waals surface area (Å²) in [6, 6.07) is 7.34. The molecule has 0 atom stereocenters. The molecular formula is C15H18NO2. The van der Waals surface area contributed by atoms with E-state index in [1.54, 1.807) is 6.26 Å². The number of hydrogen-bond donors (Lipinski definition) is 1. The summed E-state index contributed by atoms with van der Waals surface area (Å²) in [5, 5.41) is 3.79. The van der Waals surface area contributed by atoms with Crippen LogP contribution in [-0.2, 0) is 0 Å². The standard InChI is InChI=1S/C15H18NO2/c1-11(2)5-4-9-16-15(17)13-6-3-7-14-12(13)8-10-18-14/h3,5-8,10-11H,4,9H2,1-2H3,(H,16,17). The molecular weight excluding hydrogens is 226 g/mol. The molecule has 1 radical (unpaired) electrons. The fraction of sp³-hybridized carbons (Fsp3) is 0.333. The Hall–Kier alpha value is -1.77.